The van der Waals surface area contributed by atoms with Crippen LogP contribution in [0.2, 0.25) is 5.02 Å². The highest BCUT2D eigenvalue weighted by atomic mass is 79.9. The van der Waals surface area contributed by atoms with E-state index in [4.69, 9.17) is 17.3 Å². The van der Waals surface area contributed by atoms with Crippen LogP contribution in [-0.4, -0.2) is 0 Å². The summed E-state index contributed by atoms with van der Waals surface area (Å²) in [5.41, 5.74) is 7.75. The lowest BCUT2D eigenvalue weighted by molar-refractivity contribution is 0.619. The quantitative estimate of drug-likeness (QED) is 0.759. The van der Waals surface area contributed by atoms with Crippen LogP contribution in [-0.2, 0) is 0 Å². The highest BCUT2D eigenvalue weighted by Gasteiger charge is 2.15. The predicted octanol–water partition coefficient (Wildman–Crippen LogP) is 5.05. The molecule has 0 spiro atoms. The van der Waals surface area contributed by atoms with Crippen molar-refractivity contribution in [2.75, 3.05) is 0 Å². The lowest BCUT2D eigenvalue weighted by Gasteiger charge is -2.15. The van der Waals surface area contributed by atoms with E-state index in [1.807, 2.05) is 18.2 Å². The van der Waals surface area contributed by atoms with E-state index in [9.17, 15) is 4.39 Å². The van der Waals surface area contributed by atoms with Crippen molar-refractivity contribution in [3.8, 4) is 0 Å². The largest absolute Gasteiger partial charge is 0.320 e. The Morgan fingerprint density at radius 2 is 1.83 bits per heavy atom. The molecule has 94 valence electrons. The van der Waals surface area contributed by atoms with Gasteiger partial charge in [-0.2, -0.15) is 0 Å². The van der Waals surface area contributed by atoms with Crippen molar-refractivity contribution >= 4 is 43.5 Å². The zero-order chi connectivity index (χ0) is 13.3. The van der Waals surface area contributed by atoms with Crippen LogP contribution in [0.3, 0.4) is 0 Å². The summed E-state index contributed by atoms with van der Waals surface area (Å²) in [7, 11) is 0. The Hall–Kier alpha value is -0.420. The first-order valence-corrected chi connectivity index (χ1v) is 7.11. The molecule has 2 aromatic rings. The number of hydrogen-bond acceptors (Lipinski definition) is 1. The maximum absolute atomic E-state index is 13.2. The second kappa shape index (κ2) is 5.70. The van der Waals surface area contributed by atoms with Crippen molar-refractivity contribution in [3.05, 3.63) is 67.3 Å². The normalized spacial score (nSPS) is 12.5. The molecule has 2 rings (SSSR count). The van der Waals surface area contributed by atoms with Crippen LogP contribution in [0.5, 0.6) is 0 Å². The van der Waals surface area contributed by atoms with Gasteiger partial charge in [0.15, 0.2) is 0 Å². The molecule has 0 saturated carbocycles. The third-order valence-corrected chi connectivity index (χ3v) is 4.54. The number of rotatable bonds is 2. The molecule has 0 saturated heterocycles. The number of halogens is 4. The minimum Gasteiger partial charge on any atom is -0.320 e. The first-order valence-electron chi connectivity index (χ1n) is 5.15. The zero-order valence-corrected chi connectivity index (χ0v) is 13.1. The molecule has 0 radical (unpaired) electrons. The van der Waals surface area contributed by atoms with Gasteiger partial charge in [-0.3, -0.25) is 0 Å². The summed E-state index contributed by atoms with van der Waals surface area (Å²) in [5, 5.41) is 0.574. The predicted molar refractivity (Wildman–Crippen MR) is 79.3 cm³/mol. The van der Waals surface area contributed by atoms with E-state index in [0.29, 0.717) is 9.50 Å². The maximum Gasteiger partial charge on any atom is 0.137 e. The zero-order valence-electron chi connectivity index (χ0n) is 9.13. The Morgan fingerprint density at radius 3 is 2.50 bits per heavy atom. The first kappa shape index (κ1) is 14.0. The van der Waals surface area contributed by atoms with Gasteiger partial charge in [0.2, 0.25) is 0 Å². The number of benzene rings is 2. The molecule has 0 amide bonds. The van der Waals surface area contributed by atoms with Gasteiger partial charge in [0.1, 0.15) is 5.82 Å². The smallest absolute Gasteiger partial charge is 0.137 e. The topological polar surface area (TPSA) is 26.0 Å². The third kappa shape index (κ3) is 2.77. The van der Waals surface area contributed by atoms with E-state index in [1.165, 1.54) is 6.07 Å². The average molecular weight is 393 g/mol. The van der Waals surface area contributed by atoms with Gasteiger partial charge in [0.25, 0.3) is 0 Å². The number of hydrogen-bond donors (Lipinski definition) is 1. The van der Waals surface area contributed by atoms with E-state index in [2.05, 4.69) is 31.9 Å². The van der Waals surface area contributed by atoms with E-state index in [1.54, 1.807) is 12.1 Å². The molecule has 0 aliphatic heterocycles. The van der Waals surface area contributed by atoms with Crippen molar-refractivity contribution in [3.63, 3.8) is 0 Å². The Balaban J connectivity index is 2.44. The van der Waals surface area contributed by atoms with Crippen molar-refractivity contribution in [2.45, 2.75) is 6.04 Å². The van der Waals surface area contributed by atoms with Gasteiger partial charge in [-0.05, 0) is 61.2 Å². The van der Waals surface area contributed by atoms with E-state index in [-0.39, 0.29) is 5.82 Å². The van der Waals surface area contributed by atoms with Crippen LogP contribution in [0.4, 0.5) is 4.39 Å². The lowest BCUT2D eigenvalue weighted by Crippen LogP contribution is -2.12. The van der Waals surface area contributed by atoms with E-state index < -0.39 is 6.04 Å². The van der Waals surface area contributed by atoms with Gasteiger partial charge in [-0.1, -0.05) is 29.8 Å². The lowest BCUT2D eigenvalue weighted by atomic mass is 10.00. The number of nitrogens with two attached hydrogens (primary N) is 1. The summed E-state index contributed by atoms with van der Waals surface area (Å²) >= 11 is 12.7. The first-order chi connectivity index (χ1) is 8.50. The second-order valence-electron chi connectivity index (χ2n) is 3.79. The molecule has 18 heavy (non-hydrogen) atoms. The Kier molecular flexibility index (Phi) is 4.43. The summed E-state index contributed by atoms with van der Waals surface area (Å²) in [6.07, 6.45) is 0. The van der Waals surface area contributed by atoms with E-state index >= 15 is 0 Å². The van der Waals surface area contributed by atoms with Crippen LogP contribution in [0.25, 0.3) is 0 Å². The molecule has 0 fully saturated rings. The van der Waals surface area contributed by atoms with Crippen LogP contribution in [0, 0.1) is 5.82 Å². The molecule has 0 aliphatic rings. The highest BCUT2D eigenvalue weighted by Crippen LogP contribution is 2.33. The molecule has 0 aliphatic carbocycles. The molecular weight excluding hydrogens is 384 g/mol. The summed E-state index contributed by atoms with van der Waals surface area (Å²) in [5.74, 6) is -0.314. The van der Waals surface area contributed by atoms with Gasteiger partial charge in [-0.15, -0.1) is 0 Å². The van der Waals surface area contributed by atoms with Gasteiger partial charge < -0.3 is 5.73 Å². The second-order valence-corrected chi connectivity index (χ2v) is 5.88. The minimum atomic E-state index is -0.396. The fraction of sp³-hybridized carbons (Fsp3) is 0.0769. The summed E-state index contributed by atoms with van der Waals surface area (Å²) in [4.78, 5) is 0. The Morgan fingerprint density at radius 1 is 1.11 bits per heavy atom. The molecule has 1 unspecified atom stereocenters. The minimum absolute atomic E-state index is 0.314. The van der Waals surface area contributed by atoms with Crippen molar-refractivity contribution in [1.29, 1.82) is 0 Å². The van der Waals surface area contributed by atoms with Gasteiger partial charge >= 0.3 is 0 Å². The van der Waals surface area contributed by atoms with Crippen molar-refractivity contribution in [1.82, 2.24) is 0 Å². The SMILES string of the molecule is NC(c1ccc(F)c(Br)c1)c1cccc(Br)c1Cl. The van der Waals surface area contributed by atoms with Crippen molar-refractivity contribution in [2.24, 2.45) is 5.73 Å². The van der Waals surface area contributed by atoms with Crippen LogP contribution in [0.15, 0.2) is 45.3 Å². The van der Waals surface area contributed by atoms with Crippen molar-refractivity contribution < 1.29 is 4.39 Å². The van der Waals surface area contributed by atoms with E-state index in [0.717, 1.165) is 15.6 Å². The van der Waals surface area contributed by atoms with Crippen LogP contribution < -0.4 is 5.73 Å². The molecule has 1 nitrogen and oxygen atoms in total. The molecule has 2 aromatic carbocycles. The van der Waals surface area contributed by atoms with Gasteiger partial charge in [0.05, 0.1) is 15.5 Å². The Bertz CT molecular complexity index is 589. The van der Waals surface area contributed by atoms with Crippen LogP contribution >= 0.6 is 43.5 Å². The maximum atomic E-state index is 13.2. The monoisotopic (exact) mass is 391 g/mol. The van der Waals surface area contributed by atoms with Crippen LogP contribution in [0.1, 0.15) is 17.2 Å². The fourth-order valence-electron chi connectivity index (χ4n) is 1.65. The Labute approximate surface area is 126 Å². The third-order valence-electron chi connectivity index (χ3n) is 2.62. The summed E-state index contributed by atoms with van der Waals surface area (Å²) < 4.78 is 14.4. The standard InChI is InChI=1S/C13H9Br2ClFN/c14-9-3-1-2-8(12(9)16)13(18)7-4-5-11(17)10(15)6-7/h1-6,13H,18H2. The molecule has 1 atom stereocenters. The fourth-order valence-corrected chi connectivity index (χ4v) is 2.67. The average Bonchev–Trinajstić information content (AvgIpc) is 2.35. The summed E-state index contributed by atoms with van der Waals surface area (Å²) in [6, 6.07) is 9.87. The molecule has 0 bridgehead atoms. The molecule has 2 N–H and O–H groups in total. The summed E-state index contributed by atoms with van der Waals surface area (Å²) in [6.45, 7) is 0. The molecular formula is C13H9Br2ClFN. The highest BCUT2D eigenvalue weighted by molar-refractivity contribution is 9.10. The molecule has 0 aromatic heterocycles. The molecule has 0 heterocycles. The van der Waals surface area contributed by atoms with Gasteiger partial charge in [0, 0.05) is 4.47 Å². The van der Waals surface area contributed by atoms with Gasteiger partial charge in [-0.25, -0.2) is 4.39 Å². The molecule has 5 heteroatoms.